The van der Waals surface area contributed by atoms with Crippen molar-refractivity contribution in [3.8, 4) is 0 Å². The molecule has 3 rings (SSSR count). The van der Waals surface area contributed by atoms with Gasteiger partial charge in [-0.05, 0) is 37.1 Å². The van der Waals surface area contributed by atoms with Crippen LogP contribution in [0.1, 0.15) is 29.1 Å². The largest absolute Gasteiger partial charge is 0.347 e. The maximum absolute atomic E-state index is 11.8. The van der Waals surface area contributed by atoms with E-state index >= 15 is 0 Å². The van der Waals surface area contributed by atoms with Crippen LogP contribution in [0, 0.1) is 6.92 Å². The first-order valence-corrected chi connectivity index (χ1v) is 8.77. The van der Waals surface area contributed by atoms with Crippen LogP contribution in [-0.2, 0) is 16.1 Å². The average Bonchev–Trinajstić information content (AvgIpc) is 3.20. The van der Waals surface area contributed by atoms with E-state index in [-0.39, 0.29) is 11.8 Å². The highest BCUT2D eigenvalue weighted by Gasteiger charge is 2.21. The number of rotatable bonds is 5. The molecule has 0 spiro atoms. The molecule has 2 aromatic rings. The van der Waals surface area contributed by atoms with Gasteiger partial charge in [0.2, 0.25) is 11.8 Å². The Kier molecular flexibility index (Phi) is 5.05. The summed E-state index contributed by atoms with van der Waals surface area (Å²) in [7, 11) is 0. The van der Waals surface area contributed by atoms with Crippen LogP contribution in [0.15, 0.2) is 35.7 Å². The van der Waals surface area contributed by atoms with E-state index in [4.69, 9.17) is 0 Å². The minimum atomic E-state index is -0.153. The fourth-order valence-electron chi connectivity index (χ4n) is 2.58. The molecule has 0 unspecified atom stereocenters. The Morgan fingerprint density at radius 3 is 2.79 bits per heavy atom. The topological polar surface area (TPSA) is 62.3 Å². The van der Waals surface area contributed by atoms with Gasteiger partial charge in [-0.15, -0.1) is 11.3 Å². The number of benzene rings is 1. The van der Waals surface area contributed by atoms with E-state index in [0.717, 1.165) is 34.9 Å². The predicted molar refractivity (Wildman–Crippen MR) is 95.8 cm³/mol. The summed E-state index contributed by atoms with van der Waals surface area (Å²) in [6, 6.07) is 7.65. The third kappa shape index (κ3) is 4.08. The molecule has 1 fully saturated rings. The number of thiazole rings is 1. The van der Waals surface area contributed by atoms with Crippen LogP contribution >= 0.6 is 11.3 Å². The molecule has 2 amide bonds. The van der Waals surface area contributed by atoms with E-state index in [1.54, 1.807) is 22.3 Å². The van der Waals surface area contributed by atoms with Gasteiger partial charge in [0, 0.05) is 30.1 Å². The third-order valence-electron chi connectivity index (χ3n) is 3.82. The first-order chi connectivity index (χ1) is 11.6. The molecule has 1 aromatic heterocycles. The molecule has 0 radical (unpaired) electrons. The first kappa shape index (κ1) is 16.4. The molecule has 1 saturated heterocycles. The summed E-state index contributed by atoms with van der Waals surface area (Å²) >= 11 is 1.57. The van der Waals surface area contributed by atoms with Crippen LogP contribution in [-0.4, -0.2) is 23.3 Å². The van der Waals surface area contributed by atoms with E-state index in [0.29, 0.717) is 13.0 Å². The third-order valence-corrected chi connectivity index (χ3v) is 4.64. The van der Waals surface area contributed by atoms with Gasteiger partial charge in [-0.2, -0.15) is 0 Å². The van der Waals surface area contributed by atoms with Gasteiger partial charge in [0.05, 0.1) is 17.2 Å². The number of aryl methyl sites for hydroxylation is 1. The van der Waals surface area contributed by atoms with E-state index in [1.807, 2.05) is 36.6 Å². The molecule has 0 bridgehead atoms. The molecular weight excluding hydrogens is 322 g/mol. The van der Waals surface area contributed by atoms with Crippen LogP contribution in [0.5, 0.6) is 0 Å². The van der Waals surface area contributed by atoms with Crippen LogP contribution in [0.25, 0.3) is 6.08 Å². The molecule has 0 saturated carbocycles. The number of aromatic nitrogens is 1. The Morgan fingerprint density at radius 2 is 2.17 bits per heavy atom. The SMILES string of the molecule is Cc1nc(CNC(=O)C=Cc2ccc(N3CCCC3=O)cc2)cs1. The second-order valence-electron chi connectivity index (χ2n) is 5.65. The molecule has 1 aliphatic heterocycles. The Balaban J connectivity index is 1.54. The highest BCUT2D eigenvalue weighted by atomic mass is 32.1. The van der Waals surface area contributed by atoms with Crippen LogP contribution in [0.4, 0.5) is 5.69 Å². The average molecular weight is 341 g/mol. The number of hydrogen-bond acceptors (Lipinski definition) is 4. The highest BCUT2D eigenvalue weighted by molar-refractivity contribution is 7.09. The number of anilines is 1. The zero-order valence-corrected chi connectivity index (χ0v) is 14.3. The standard InChI is InChI=1S/C18H19N3O2S/c1-13-20-15(12-24-13)11-19-17(22)9-6-14-4-7-16(8-5-14)21-10-2-3-18(21)23/h4-9,12H,2-3,10-11H2,1H3,(H,19,22). The molecule has 1 N–H and O–H groups in total. The van der Waals surface area contributed by atoms with Crippen molar-refractivity contribution in [3.05, 3.63) is 52.0 Å². The predicted octanol–water partition coefficient (Wildman–Crippen LogP) is 2.91. The second-order valence-corrected chi connectivity index (χ2v) is 6.71. The molecule has 5 nitrogen and oxygen atoms in total. The first-order valence-electron chi connectivity index (χ1n) is 7.89. The number of nitrogens with zero attached hydrogens (tertiary/aromatic N) is 2. The van der Waals surface area contributed by atoms with E-state index in [9.17, 15) is 9.59 Å². The van der Waals surface area contributed by atoms with Crippen molar-refractivity contribution < 1.29 is 9.59 Å². The van der Waals surface area contributed by atoms with Crippen molar-refractivity contribution >= 4 is 34.9 Å². The van der Waals surface area contributed by atoms with Crippen LogP contribution in [0.3, 0.4) is 0 Å². The maximum atomic E-state index is 11.8. The van der Waals surface area contributed by atoms with Gasteiger partial charge in [0.1, 0.15) is 0 Å². The summed E-state index contributed by atoms with van der Waals surface area (Å²) in [5.41, 5.74) is 2.71. The molecule has 1 aromatic carbocycles. The minimum Gasteiger partial charge on any atom is -0.347 e. The summed E-state index contributed by atoms with van der Waals surface area (Å²) in [5.74, 6) is 0.0226. The van der Waals surface area contributed by atoms with E-state index < -0.39 is 0 Å². The Morgan fingerprint density at radius 1 is 1.38 bits per heavy atom. The lowest BCUT2D eigenvalue weighted by Crippen LogP contribution is -2.23. The number of carbonyl (C=O) groups is 2. The number of nitrogens with one attached hydrogen (secondary N) is 1. The lowest BCUT2D eigenvalue weighted by atomic mass is 10.2. The number of amides is 2. The van der Waals surface area contributed by atoms with Gasteiger partial charge in [-0.1, -0.05) is 12.1 Å². The van der Waals surface area contributed by atoms with Crippen molar-refractivity contribution in [2.45, 2.75) is 26.3 Å². The molecule has 1 aliphatic rings. The summed E-state index contributed by atoms with van der Waals surface area (Å²) in [6.45, 7) is 3.16. The quantitative estimate of drug-likeness (QED) is 0.851. The molecule has 0 aliphatic carbocycles. The lowest BCUT2D eigenvalue weighted by molar-refractivity contribution is -0.117. The summed E-state index contributed by atoms with van der Waals surface area (Å²) in [5, 5.41) is 5.74. The molecule has 24 heavy (non-hydrogen) atoms. The Labute approximate surface area is 145 Å². The van der Waals surface area contributed by atoms with Crippen molar-refractivity contribution in [2.75, 3.05) is 11.4 Å². The van der Waals surface area contributed by atoms with Gasteiger partial charge < -0.3 is 10.2 Å². The fraction of sp³-hybridized carbons (Fsp3) is 0.278. The summed E-state index contributed by atoms with van der Waals surface area (Å²) < 4.78 is 0. The smallest absolute Gasteiger partial charge is 0.244 e. The monoisotopic (exact) mass is 341 g/mol. The maximum Gasteiger partial charge on any atom is 0.244 e. The van der Waals surface area contributed by atoms with Crippen molar-refractivity contribution in [1.82, 2.24) is 10.3 Å². The van der Waals surface area contributed by atoms with E-state index in [1.165, 1.54) is 6.08 Å². The van der Waals surface area contributed by atoms with Crippen LogP contribution in [0.2, 0.25) is 0 Å². The molecule has 2 heterocycles. The van der Waals surface area contributed by atoms with Crippen molar-refractivity contribution in [1.29, 1.82) is 0 Å². The van der Waals surface area contributed by atoms with Gasteiger partial charge in [0.25, 0.3) is 0 Å². The normalized spacial score (nSPS) is 14.5. The fourth-order valence-corrected chi connectivity index (χ4v) is 3.20. The van der Waals surface area contributed by atoms with Gasteiger partial charge in [-0.3, -0.25) is 9.59 Å². The molecule has 124 valence electrons. The Bertz CT molecular complexity index is 765. The van der Waals surface area contributed by atoms with Crippen molar-refractivity contribution in [2.24, 2.45) is 0 Å². The Hall–Kier alpha value is -2.47. The van der Waals surface area contributed by atoms with Gasteiger partial charge in [0.15, 0.2) is 0 Å². The zero-order chi connectivity index (χ0) is 16.9. The zero-order valence-electron chi connectivity index (χ0n) is 13.5. The second kappa shape index (κ2) is 7.40. The molecule has 6 heteroatoms. The molecular formula is C18H19N3O2S. The van der Waals surface area contributed by atoms with E-state index in [2.05, 4.69) is 10.3 Å². The van der Waals surface area contributed by atoms with Crippen molar-refractivity contribution in [3.63, 3.8) is 0 Å². The lowest BCUT2D eigenvalue weighted by Gasteiger charge is -2.15. The molecule has 0 atom stereocenters. The minimum absolute atomic E-state index is 0.153. The number of hydrogen-bond donors (Lipinski definition) is 1. The van der Waals surface area contributed by atoms with Gasteiger partial charge in [-0.25, -0.2) is 4.98 Å². The number of carbonyl (C=O) groups excluding carboxylic acids is 2. The summed E-state index contributed by atoms with van der Waals surface area (Å²) in [4.78, 5) is 29.7. The van der Waals surface area contributed by atoms with Gasteiger partial charge >= 0.3 is 0 Å². The highest BCUT2D eigenvalue weighted by Crippen LogP contribution is 2.21. The summed E-state index contributed by atoms with van der Waals surface area (Å²) in [6.07, 6.45) is 4.81. The van der Waals surface area contributed by atoms with Crippen LogP contribution < -0.4 is 10.2 Å².